The van der Waals surface area contributed by atoms with Crippen molar-refractivity contribution >= 4 is 39.2 Å². The van der Waals surface area contributed by atoms with Crippen LogP contribution in [0.3, 0.4) is 0 Å². The molecule has 2 amide bonds. The van der Waals surface area contributed by atoms with Gasteiger partial charge >= 0.3 is 0 Å². The van der Waals surface area contributed by atoms with Gasteiger partial charge in [-0.1, -0.05) is 6.07 Å². The van der Waals surface area contributed by atoms with Gasteiger partial charge in [0.25, 0.3) is 11.8 Å². The molecule has 1 aliphatic rings. The summed E-state index contributed by atoms with van der Waals surface area (Å²) in [5.74, 6) is -0.275. The normalized spacial score (nSPS) is 16.8. The van der Waals surface area contributed by atoms with Crippen LogP contribution in [0.15, 0.2) is 29.6 Å². The van der Waals surface area contributed by atoms with Gasteiger partial charge in [0.1, 0.15) is 5.69 Å². The number of benzene rings is 1. The number of hydrogen-bond donors (Lipinski definition) is 2. The number of anilines is 1. The summed E-state index contributed by atoms with van der Waals surface area (Å²) in [5, 5.41) is 9.12. The van der Waals surface area contributed by atoms with E-state index in [1.807, 2.05) is 42.0 Å². The third-order valence-electron chi connectivity index (χ3n) is 4.17. The summed E-state index contributed by atoms with van der Waals surface area (Å²) in [5.41, 5.74) is 2.97. The van der Waals surface area contributed by atoms with E-state index in [-0.39, 0.29) is 17.9 Å². The average molecular weight is 340 g/mol. The number of aryl methyl sites for hydroxylation is 1. The Morgan fingerprint density at radius 2 is 2.25 bits per heavy atom. The monoisotopic (exact) mass is 340 g/mol. The Morgan fingerprint density at radius 1 is 1.42 bits per heavy atom. The van der Waals surface area contributed by atoms with Crippen molar-refractivity contribution in [3.05, 3.63) is 46.6 Å². The number of rotatable bonds is 2. The molecule has 0 fully saturated rings. The highest BCUT2D eigenvalue weighted by Gasteiger charge is 2.24. The van der Waals surface area contributed by atoms with Gasteiger partial charge in [-0.05, 0) is 32.0 Å². The molecule has 1 unspecified atom stereocenters. The van der Waals surface area contributed by atoms with Crippen molar-refractivity contribution < 1.29 is 9.59 Å². The van der Waals surface area contributed by atoms with Crippen LogP contribution in [0.5, 0.6) is 0 Å². The fourth-order valence-electron chi connectivity index (χ4n) is 3.01. The molecule has 1 aliphatic heterocycles. The quantitative estimate of drug-likeness (QED) is 0.753. The highest BCUT2D eigenvalue weighted by molar-refractivity contribution is 7.13. The van der Waals surface area contributed by atoms with Gasteiger partial charge in [-0.2, -0.15) is 0 Å². The van der Waals surface area contributed by atoms with E-state index in [0.717, 1.165) is 16.6 Å². The molecule has 3 heterocycles. The van der Waals surface area contributed by atoms with Crippen LogP contribution in [-0.4, -0.2) is 27.9 Å². The lowest BCUT2D eigenvalue weighted by Gasteiger charge is -2.24. The van der Waals surface area contributed by atoms with Crippen molar-refractivity contribution in [3.63, 3.8) is 0 Å². The molecule has 2 aromatic heterocycles. The van der Waals surface area contributed by atoms with Crippen molar-refractivity contribution in [2.45, 2.75) is 19.9 Å². The minimum absolute atomic E-state index is 0.0754. The third kappa shape index (κ3) is 2.37. The van der Waals surface area contributed by atoms with E-state index < -0.39 is 0 Å². The highest BCUT2D eigenvalue weighted by atomic mass is 32.1. The van der Waals surface area contributed by atoms with E-state index in [2.05, 4.69) is 15.6 Å². The van der Waals surface area contributed by atoms with Crippen molar-refractivity contribution in [1.82, 2.24) is 14.9 Å². The number of carbonyl (C=O) groups excluding carboxylic acids is 2. The molecule has 0 spiro atoms. The Bertz CT molecular complexity index is 972. The van der Waals surface area contributed by atoms with Crippen LogP contribution in [-0.2, 0) is 0 Å². The molecular formula is C17H16N4O2S. The summed E-state index contributed by atoms with van der Waals surface area (Å²) in [7, 11) is 0. The summed E-state index contributed by atoms with van der Waals surface area (Å²) in [4.78, 5) is 28.8. The molecule has 24 heavy (non-hydrogen) atoms. The number of aromatic nitrogens is 2. The zero-order valence-electron chi connectivity index (χ0n) is 13.3. The second-order valence-corrected chi connectivity index (χ2v) is 6.84. The number of thiazole rings is 1. The maximum absolute atomic E-state index is 12.5. The van der Waals surface area contributed by atoms with Crippen molar-refractivity contribution in [3.8, 4) is 0 Å². The van der Waals surface area contributed by atoms with E-state index in [4.69, 9.17) is 0 Å². The Kier molecular flexibility index (Phi) is 3.38. The predicted octanol–water partition coefficient (Wildman–Crippen LogP) is 2.96. The molecule has 1 aromatic carbocycles. The number of fused-ring (bicyclic) bond motifs is 3. The van der Waals surface area contributed by atoms with Gasteiger partial charge in [-0.15, -0.1) is 11.3 Å². The number of carbonyl (C=O) groups is 2. The van der Waals surface area contributed by atoms with Crippen molar-refractivity contribution in [2.24, 2.45) is 0 Å². The smallest absolute Gasteiger partial charge is 0.268 e. The maximum atomic E-state index is 12.5. The van der Waals surface area contributed by atoms with Crippen LogP contribution in [0.4, 0.5) is 5.13 Å². The van der Waals surface area contributed by atoms with Crippen LogP contribution in [0.1, 0.15) is 39.5 Å². The number of amides is 2. The molecule has 6 nitrogen and oxygen atoms in total. The average Bonchev–Trinajstić information content (AvgIpc) is 3.14. The third-order valence-corrected chi connectivity index (χ3v) is 5.05. The molecule has 0 radical (unpaired) electrons. The Hall–Kier alpha value is -2.67. The Balaban J connectivity index is 1.74. The molecule has 3 aromatic rings. The minimum atomic E-state index is -0.199. The van der Waals surface area contributed by atoms with Crippen molar-refractivity contribution in [2.75, 3.05) is 11.9 Å². The first-order valence-corrected chi connectivity index (χ1v) is 8.57. The molecule has 1 atom stereocenters. The second-order valence-electron chi connectivity index (χ2n) is 5.98. The van der Waals surface area contributed by atoms with Gasteiger partial charge in [0.15, 0.2) is 5.13 Å². The summed E-state index contributed by atoms with van der Waals surface area (Å²) < 4.78 is 2.00. The lowest BCUT2D eigenvalue weighted by molar-refractivity contribution is 0.0919. The first-order chi connectivity index (χ1) is 11.5. The zero-order valence-corrected chi connectivity index (χ0v) is 14.1. The van der Waals surface area contributed by atoms with Gasteiger partial charge < -0.3 is 9.88 Å². The van der Waals surface area contributed by atoms with Gasteiger partial charge in [0, 0.05) is 34.4 Å². The first-order valence-electron chi connectivity index (χ1n) is 7.69. The van der Waals surface area contributed by atoms with E-state index in [1.54, 1.807) is 6.07 Å². The fourth-order valence-corrected chi connectivity index (χ4v) is 3.70. The second kappa shape index (κ2) is 5.45. The zero-order chi connectivity index (χ0) is 16.8. The fraction of sp³-hybridized carbons (Fsp3) is 0.235. The largest absolute Gasteiger partial charge is 0.349 e. The lowest BCUT2D eigenvalue weighted by atomic mass is 10.1. The lowest BCUT2D eigenvalue weighted by Crippen LogP contribution is -2.37. The van der Waals surface area contributed by atoms with Crippen LogP contribution in [0, 0.1) is 6.92 Å². The molecule has 0 saturated heterocycles. The summed E-state index contributed by atoms with van der Waals surface area (Å²) in [6, 6.07) is 7.50. The number of hydrogen-bond acceptors (Lipinski definition) is 4. The molecular weight excluding hydrogens is 324 g/mol. The topological polar surface area (TPSA) is 76.0 Å². The molecule has 2 N–H and O–H groups in total. The number of nitrogens with zero attached hydrogens (tertiary/aromatic N) is 2. The molecule has 0 saturated carbocycles. The summed E-state index contributed by atoms with van der Waals surface area (Å²) in [6.07, 6.45) is 0. The van der Waals surface area contributed by atoms with Gasteiger partial charge in [-0.25, -0.2) is 4.98 Å². The molecule has 7 heteroatoms. The summed E-state index contributed by atoms with van der Waals surface area (Å²) >= 11 is 1.40. The molecule has 122 valence electrons. The molecule has 0 aliphatic carbocycles. The Labute approximate surface area is 142 Å². The summed E-state index contributed by atoms with van der Waals surface area (Å²) in [6.45, 7) is 4.52. The molecule has 0 bridgehead atoms. The van der Waals surface area contributed by atoms with E-state index in [1.165, 1.54) is 11.3 Å². The van der Waals surface area contributed by atoms with E-state index >= 15 is 0 Å². The predicted molar refractivity (Wildman–Crippen MR) is 93.8 cm³/mol. The number of nitrogens with one attached hydrogen (secondary N) is 2. The van der Waals surface area contributed by atoms with E-state index in [9.17, 15) is 9.59 Å². The highest BCUT2D eigenvalue weighted by Crippen LogP contribution is 2.27. The van der Waals surface area contributed by atoms with Crippen LogP contribution in [0.25, 0.3) is 10.9 Å². The van der Waals surface area contributed by atoms with Gasteiger partial charge in [0.2, 0.25) is 0 Å². The van der Waals surface area contributed by atoms with Crippen LogP contribution < -0.4 is 10.6 Å². The SMILES string of the molecule is Cc1csc(NC(=O)c2ccc3cc4n(c3c2)C(C)CNC4=O)n1. The van der Waals surface area contributed by atoms with Crippen molar-refractivity contribution in [1.29, 1.82) is 0 Å². The minimum Gasteiger partial charge on any atom is -0.349 e. The molecule has 4 rings (SSSR count). The van der Waals surface area contributed by atoms with Gasteiger partial charge in [-0.3, -0.25) is 14.9 Å². The van der Waals surface area contributed by atoms with E-state index in [0.29, 0.717) is 22.9 Å². The maximum Gasteiger partial charge on any atom is 0.268 e. The standard InChI is InChI=1S/C17H16N4O2S/c1-9-8-24-17(19-9)20-15(22)12-4-3-11-5-14-16(23)18-7-10(2)21(14)13(11)6-12/h3-6,8,10H,7H2,1-2H3,(H,18,23)(H,19,20,22). The van der Waals surface area contributed by atoms with Crippen LogP contribution >= 0.6 is 11.3 Å². The van der Waals surface area contributed by atoms with Crippen LogP contribution in [0.2, 0.25) is 0 Å². The van der Waals surface area contributed by atoms with Gasteiger partial charge in [0.05, 0.1) is 5.69 Å². The Morgan fingerprint density at radius 3 is 3.00 bits per heavy atom. The first kappa shape index (κ1) is 14.9.